The number of anilines is 1. The largest absolute Gasteiger partial charge is 0.494 e. The number of rotatable bonds is 9. The number of carbonyl (C=O) groups excluding carboxylic acids is 2. The molecule has 0 aliphatic carbocycles. The van der Waals surface area contributed by atoms with Gasteiger partial charge in [0.15, 0.2) is 16.7 Å². The summed E-state index contributed by atoms with van der Waals surface area (Å²) in [6.07, 6.45) is 2.45. The van der Waals surface area contributed by atoms with Gasteiger partial charge in [-0.25, -0.2) is 0 Å². The predicted octanol–water partition coefficient (Wildman–Crippen LogP) is 4.13. The van der Waals surface area contributed by atoms with Crippen molar-refractivity contribution in [2.45, 2.75) is 44.8 Å². The second-order valence-electron chi connectivity index (χ2n) is 8.15. The van der Waals surface area contributed by atoms with Crippen molar-refractivity contribution in [3.05, 3.63) is 48.0 Å². The number of hydrogen-bond acceptors (Lipinski definition) is 8. The van der Waals surface area contributed by atoms with E-state index in [1.165, 1.54) is 11.8 Å². The molecule has 9 nitrogen and oxygen atoms in total. The first-order chi connectivity index (χ1) is 17.0. The van der Waals surface area contributed by atoms with E-state index in [4.69, 9.17) is 14.2 Å². The summed E-state index contributed by atoms with van der Waals surface area (Å²) < 4.78 is 16.3. The molecule has 1 atom stereocenters. The van der Waals surface area contributed by atoms with Crippen LogP contribution in [0.15, 0.2) is 52.7 Å². The van der Waals surface area contributed by atoms with Crippen molar-refractivity contribution in [1.82, 2.24) is 5.32 Å². The van der Waals surface area contributed by atoms with Crippen molar-refractivity contribution in [2.75, 3.05) is 18.7 Å². The zero-order chi connectivity index (χ0) is 24.6. The van der Waals surface area contributed by atoms with Crippen molar-refractivity contribution in [2.24, 2.45) is 10.2 Å². The highest BCUT2D eigenvalue weighted by molar-refractivity contribution is 8.15. The van der Waals surface area contributed by atoms with Gasteiger partial charge in [-0.15, -0.1) is 5.10 Å². The van der Waals surface area contributed by atoms with Crippen LogP contribution in [0.1, 0.15) is 38.7 Å². The number of fused-ring (bicyclic) bond motifs is 1. The molecule has 1 saturated heterocycles. The number of hydrogen-bond donors (Lipinski definition) is 2. The Hall–Kier alpha value is -3.53. The minimum absolute atomic E-state index is 0.0695. The van der Waals surface area contributed by atoms with E-state index in [0.29, 0.717) is 23.9 Å². The van der Waals surface area contributed by atoms with Gasteiger partial charge in [-0.1, -0.05) is 24.8 Å². The molecule has 0 spiro atoms. The first-order valence-corrected chi connectivity index (χ1v) is 12.4. The molecule has 2 heterocycles. The Bertz CT molecular complexity index is 1130. The summed E-state index contributed by atoms with van der Waals surface area (Å²) in [6.45, 7) is 4.81. The van der Waals surface area contributed by atoms with E-state index in [-0.39, 0.29) is 25.0 Å². The Morgan fingerprint density at radius 3 is 2.80 bits per heavy atom. The topological polar surface area (TPSA) is 111 Å². The molecule has 1 fully saturated rings. The van der Waals surface area contributed by atoms with Crippen LogP contribution in [0, 0.1) is 0 Å². The number of carbonyl (C=O) groups is 2. The highest BCUT2D eigenvalue weighted by atomic mass is 32.2. The van der Waals surface area contributed by atoms with E-state index in [0.717, 1.165) is 41.4 Å². The van der Waals surface area contributed by atoms with Gasteiger partial charge in [0.25, 0.3) is 0 Å². The van der Waals surface area contributed by atoms with Crippen LogP contribution in [0.25, 0.3) is 0 Å². The second-order valence-corrected chi connectivity index (χ2v) is 9.34. The van der Waals surface area contributed by atoms with E-state index >= 15 is 0 Å². The predicted molar refractivity (Wildman–Crippen MR) is 136 cm³/mol. The maximum atomic E-state index is 12.7. The standard InChI is InChI=1S/C25H28N4O5S/c1-3-12-32-19-9-7-18(8-10-19)26-24(31)22-14-23(30)27-25(35-22)29-28-16(2)4-5-17-6-11-20-21(13-17)34-15-33-20/h6-11,13,22H,3-5,12,14-15H2,1-2H3,(H,26,31)(H,27,29,30)/b28-16-/t22-/m1/s1. The quantitative estimate of drug-likeness (QED) is 0.399. The fourth-order valence-corrected chi connectivity index (χ4v) is 4.35. The molecule has 2 aliphatic heterocycles. The lowest BCUT2D eigenvalue weighted by Crippen LogP contribution is -2.41. The SMILES string of the molecule is CCCOc1ccc(NC(=O)[C@H]2CC(=O)N/C(=N/N=C(/C)CCc3ccc4c(c3)OCO4)S2)cc1. The lowest BCUT2D eigenvalue weighted by atomic mass is 10.1. The first kappa shape index (κ1) is 24.6. The number of nitrogens with zero attached hydrogens (tertiary/aromatic N) is 2. The van der Waals surface area contributed by atoms with Gasteiger partial charge in [0, 0.05) is 17.8 Å². The average molecular weight is 497 g/mol. The molecule has 2 aliphatic rings. The zero-order valence-corrected chi connectivity index (χ0v) is 20.5. The molecule has 2 N–H and O–H groups in total. The van der Waals surface area contributed by atoms with Gasteiger partial charge in [-0.3, -0.25) is 9.59 Å². The monoisotopic (exact) mass is 496 g/mol. The molecule has 35 heavy (non-hydrogen) atoms. The Morgan fingerprint density at radius 1 is 1.20 bits per heavy atom. The summed E-state index contributed by atoms with van der Waals surface area (Å²) in [4.78, 5) is 24.9. The summed E-state index contributed by atoms with van der Waals surface area (Å²) >= 11 is 1.19. The van der Waals surface area contributed by atoms with Crippen LogP contribution in [0.2, 0.25) is 0 Å². The van der Waals surface area contributed by atoms with Gasteiger partial charge < -0.3 is 24.8 Å². The van der Waals surface area contributed by atoms with Crippen LogP contribution in [0.4, 0.5) is 5.69 Å². The molecular weight excluding hydrogens is 468 g/mol. The number of amides is 2. The summed E-state index contributed by atoms with van der Waals surface area (Å²) in [5.41, 5.74) is 2.56. The minimum atomic E-state index is -0.595. The fourth-order valence-electron chi connectivity index (χ4n) is 3.42. The fraction of sp³-hybridized carbons (Fsp3) is 0.360. The van der Waals surface area contributed by atoms with Crippen LogP contribution in [0.3, 0.4) is 0 Å². The molecule has 184 valence electrons. The van der Waals surface area contributed by atoms with E-state index in [1.54, 1.807) is 24.3 Å². The summed E-state index contributed by atoms with van der Waals surface area (Å²) in [5, 5.41) is 13.7. The highest BCUT2D eigenvalue weighted by Gasteiger charge is 2.30. The summed E-state index contributed by atoms with van der Waals surface area (Å²) in [7, 11) is 0. The van der Waals surface area contributed by atoms with E-state index < -0.39 is 5.25 Å². The highest BCUT2D eigenvalue weighted by Crippen LogP contribution is 2.32. The van der Waals surface area contributed by atoms with Gasteiger partial charge in [0.1, 0.15) is 11.0 Å². The van der Waals surface area contributed by atoms with Crippen molar-refractivity contribution >= 4 is 40.1 Å². The van der Waals surface area contributed by atoms with Crippen LogP contribution in [-0.4, -0.2) is 41.3 Å². The number of amidine groups is 1. The number of nitrogens with one attached hydrogen (secondary N) is 2. The van der Waals surface area contributed by atoms with Crippen molar-refractivity contribution in [1.29, 1.82) is 0 Å². The van der Waals surface area contributed by atoms with Gasteiger partial charge >= 0.3 is 0 Å². The van der Waals surface area contributed by atoms with Gasteiger partial charge in [-0.05, 0) is 68.1 Å². The van der Waals surface area contributed by atoms with Gasteiger partial charge in [0.2, 0.25) is 18.6 Å². The number of ether oxygens (including phenoxy) is 3. The Balaban J connectivity index is 1.30. The number of thioether (sulfide) groups is 1. The van der Waals surface area contributed by atoms with Crippen molar-refractivity contribution < 1.29 is 23.8 Å². The number of benzene rings is 2. The third-order valence-corrected chi connectivity index (χ3v) is 6.35. The average Bonchev–Trinajstić information content (AvgIpc) is 3.33. The molecule has 0 bridgehead atoms. The van der Waals surface area contributed by atoms with Crippen LogP contribution in [-0.2, 0) is 16.0 Å². The van der Waals surface area contributed by atoms with Crippen molar-refractivity contribution in [3.8, 4) is 17.2 Å². The summed E-state index contributed by atoms with van der Waals surface area (Å²) in [6, 6.07) is 13.0. The van der Waals surface area contributed by atoms with E-state index in [2.05, 4.69) is 20.8 Å². The maximum Gasteiger partial charge on any atom is 0.238 e. The van der Waals surface area contributed by atoms with Gasteiger partial charge in [-0.2, -0.15) is 5.10 Å². The molecule has 2 aromatic rings. The molecule has 4 rings (SSSR count). The molecule has 0 aromatic heterocycles. The normalized spacial score (nSPS) is 18.3. The molecule has 2 amide bonds. The Labute approximate surface area is 208 Å². The Morgan fingerprint density at radius 2 is 2.00 bits per heavy atom. The second kappa shape index (κ2) is 11.7. The third kappa shape index (κ3) is 6.98. The smallest absolute Gasteiger partial charge is 0.238 e. The van der Waals surface area contributed by atoms with Crippen molar-refractivity contribution in [3.63, 3.8) is 0 Å². The molecular formula is C25H28N4O5S. The van der Waals surface area contributed by atoms with Crippen LogP contribution >= 0.6 is 11.8 Å². The lowest BCUT2D eigenvalue weighted by molar-refractivity contribution is -0.123. The molecule has 0 unspecified atom stereocenters. The first-order valence-electron chi connectivity index (χ1n) is 11.5. The summed E-state index contributed by atoms with van der Waals surface area (Å²) in [5.74, 6) is 1.73. The minimum Gasteiger partial charge on any atom is -0.494 e. The third-order valence-electron chi connectivity index (χ3n) is 5.28. The molecule has 2 aromatic carbocycles. The Kier molecular flexibility index (Phi) is 8.25. The lowest BCUT2D eigenvalue weighted by Gasteiger charge is -2.21. The van der Waals surface area contributed by atoms with E-state index in [9.17, 15) is 9.59 Å². The van der Waals surface area contributed by atoms with Crippen LogP contribution in [0.5, 0.6) is 17.2 Å². The van der Waals surface area contributed by atoms with Gasteiger partial charge in [0.05, 0.1) is 6.61 Å². The maximum absolute atomic E-state index is 12.7. The van der Waals surface area contributed by atoms with E-state index in [1.807, 2.05) is 32.0 Å². The molecule has 0 saturated carbocycles. The number of aryl methyl sites for hydroxylation is 1. The molecule has 0 radical (unpaired) electrons. The zero-order valence-electron chi connectivity index (χ0n) is 19.7. The van der Waals surface area contributed by atoms with Crippen LogP contribution < -0.4 is 24.8 Å². The molecule has 10 heteroatoms.